The second kappa shape index (κ2) is 6.80. The van der Waals surface area contributed by atoms with E-state index in [0.717, 1.165) is 12.1 Å². The predicted octanol–water partition coefficient (Wildman–Crippen LogP) is 3.69. The van der Waals surface area contributed by atoms with Gasteiger partial charge >= 0.3 is 0 Å². The molecule has 0 aliphatic carbocycles. The van der Waals surface area contributed by atoms with Crippen LogP contribution in [0.25, 0.3) is 0 Å². The number of nitrogens with zero attached hydrogens (tertiary/aromatic N) is 1. The highest BCUT2D eigenvalue weighted by Gasteiger charge is 2.15. The van der Waals surface area contributed by atoms with Crippen LogP contribution >= 0.6 is 0 Å². The fourth-order valence-corrected chi connectivity index (χ4v) is 1.70. The summed E-state index contributed by atoms with van der Waals surface area (Å²) in [4.78, 5) is 11.7. The molecule has 0 heterocycles. The molecule has 0 fully saturated rings. The Morgan fingerprint density at radius 2 is 1.89 bits per heavy atom. The standard InChI is InChI=1S/C15H20N2O/c1-4-11(3)13-6-8-14(9-7-13)17-15(18)12(5-2)10-16/h6-9,11-12H,4-5H2,1-3H3,(H,17,18). The van der Waals surface area contributed by atoms with Crippen LogP contribution in [0.3, 0.4) is 0 Å². The summed E-state index contributed by atoms with van der Waals surface area (Å²) in [5.74, 6) is -0.271. The number of amides is 1. The molecule has 3 heteroatoms. The average molecular weight is 244 g/mol. The van der Waals surface area contributed by atoms with Gasteiger partial charge in [0.15, 0.2) is 0 Å². The molecule has 0 saturated carbocycles. The van der Waals surface area contributed by atoms with Crippen molar-refractivity contribution in [3.63, 3.8) is 0 Å². The van der Waals surface area contributed by atoms with Gasteiger partial charge in [0.05, 0.1) is 6.07 Å². The van der Waals surface area contributed by atoms with Crippen LogP contribution in [0.4, 0.5) is 5.69 Å². The first kappa shape index (κ1) is 14.2. The zero-order valence-corrected chi connectivity index (χ0v) is 11.2. The summed E-state index contributed by atoms with van der Waals surface area (Å²) in [6.45, 7) is 6.16. The molecule has 1 rings (SSSR count). The lowest BCUT2D eigenvalue weighted by Gasteiger charge is -2.11. The van der Waals surface area contributed by atoms with Crippen molar-refractivity contribution in [2.45, 2.75) is 39.5 Å². The minimum atomic E-state index is -0.570. The Bertz CT molecular complexity index is 431. The van der Waals surface area contributed by atoms with Crippen molar-refractivity contribution in [1.82, 2.24) is 0 Å². The largest absolute Gasteiger partial charge is 0.325 e. The lowest BCUT2D eigenvalue weighted by molar-refractivity contribution is -0.118. The summed E-state index contributed by atoms with van der Waals surface area (Å²) in [6, 6.07) is 9.83. The van der Waals surface area contributed by atoms with E-state index in [2.05, 4.69) is 19.2 Å². The van der Waals surface area contributed by atoms with Crippen LogP contribution in [0.2, 0.25) is 0 Å². The highest BCUT2D eigenvalue weighted by Crippen LogP contribution is 2.20. The van der Waals surface area contributed by atoms with Crippen LogP contribution in [0.5, 0.6) is 0 Å². The number of rotatable bonds is 5. The molecule has 96 valence electrons. The lowest BCUT2D eigenvalue weighted by atomic mass is 9.98. The number of carbonyl (C=O) groups is 1. The minimum Gasteiger partial charge on any atom is -0.325 e. The van der Waals surface area contributed by atoms with Crippen LogP contribution in [0, 0.1) is 17.2 Å². The Kier molecular flexibility index (Phi) is 5.38. The summed E-state index contributed by atoms with van der Waals surface area (Å²) in [5.41, 5.74) is 2.02. The summed E-state index contributed by atoms with van der Waals surface area (Å²) in [5, 5.41) is 11.6. The van der Waals surface area contributed by atoms with Crippen molar-refractivity contribution in [3.8, 4) is 6.07 Å². The first-order valence-corrected chi connectivity index (χ1v) is 6.42. The van der Waals surface area contributed by atoms with Gasteiger partial charge in [0.2, 0.25) is 5.91 Å². The Morgan fingerprint density at radius 3 is 2.33 bits per heavy atom. The Hall–Kier alpha value is -1.82. The van der Waals surface area contributed by atoms with Gasteiger partial charge in [0.1, 0.15) is 5.92 Å². The first-order chi connectivity index (χ1) is 8.62. The number of nitriles is 1. The molecule has 2 atom stereocenters. The SMILES string of the molecule is CCC(C#N)C(=O)Nc1ccc(C(C)CC)cc1. The van der Waals surface area contributed by atoms with Gasteiger partial charge in [0.25, 0.3) is 0 Å². The average Bonchev–Trinajstić information content (AvgIpc) is 2.40. The van der Waals surface area contributed by atoms with Gasteiger partial charge in [-0.2, -0.15) is 5.26 Å². The van der Waals surface area contributed by atoms with Crippen molar-refractivity contribution < 1.29 is 4.79 Å². The molecule has 0 bridgehead atoms. The van der Waals surface area contributed by atoms with Crippen molar-refractivity contribution in [1.29, 1.82) is 5.26 Å². The highest BCUT2D eigenvalue weighted by molar-refractivity contribution is 5.94. The van der Waals surface area contributed by atoms with Gasteiger partial charge < -0.3 is 5.32 Å². The monoisotopic (exact) mass is 244 g/mol. The van der Waals surface area contributed by atoms with Gasteiger partial charge in [-0.3, -0.25) is 4.79 Å². The molecule has 0 aliphatic heterocycles. The van der Waals surface area contributed by atoms with E-state index >= 15 is 0 Å². The molecular weight excluding hydrogens is 224 g/mol. The van der Waals surface area contributed by atoms with E-state index in [4.69, 9.17) is 5.26 Å². The second-order valence-corrected chi connectivity index (χ2v) is 4.51. The van der Waals surface area contributed by atoms with Crippen LogP contribution in [0.1, 0.15) is 45.1 Å². The normalized spacial score (nSPS) is 13.4. The number of nitrogens with one attached hydrogen (secondary N) is 1. The third-order valence-corrected chi connectivity index (χ3v) is 3.24. The number of carbonyl (C=O) groups excluding carboxylic acids is 1. The smallest absolute Gasteiger partial charge is 0.241 e. The third-order valence-electron chi connectivity index (χ3n) is 3.24. The fraction of sp³-hybridized carbons (Fsp3) is 0.467. The topological polar surface area (TPSA) is 52.9 Å². The maximum atomic E-state index is 11.7. The fourth-order valence-electron chi connectivity index (χ4n) is 1.70. The molecule has 0 aliphatic rings. The number of hydrogen-bond acceptors (Lipinski definition) is 2. The lowest BCUT2D eigenvalue weighted by Crippen LogP contribution is -2.20. The van der Waals surface area contributed by atoms with Gasteiger partial charge in [0, 0.05) is 5.69 Å². The Morgan fingerprint density at radius 1 is 1.28 bits per heavy atom. The van der Waals surface area contributed by atoms with E-state index < -0.39 is 5.92 Å². The van der Waals surface area contributed by atoms with Crippen LogP contribution in [0.15, 0.2) is 24.3 Å². The molecular formula is C15H20N2O. The third kappa shape index (κ3) is 3.59. The van der Waals surface area contributed by atoms with Gasteiger partial charge in [-0.05, 0) is 36.5 Å². The van der Waals surface area contributed by atoms with E-state index in [1.807, 2.05) is 37.3 Å². The molecule has 18 heavy (non-hydrogen) atoms. The van der Waals surface area contributed by atoms with E-state index in [1.165, 1.54) is 5.56 Å². The zero-order valence-electron chi connectivity index (χ0n) is 11.2. The van der Waals surface area contributed by atoms with Crippen LogP contribution < -0.4 is 5.32 Å². The number of anilines is 1. The summed E-state index contributed by atoms with van der Waals surface area (Å²) in [6.07, 6.45) is 1.63. The number of hydrogen-bond donors (Lipinski definition) is 1. The Labute approximate surface area is 109 Å². The van der Waals surface area contributed by atoms with E-state index in [0.29, 0.717) is 12.3 Å². The maximum absolute atomic E-state index is 11.7. The highest BCUT2D eigenvalue weighted by atomic mass is 16.1. The second-order valence-electron chi connectivity index (χ2n) is 4.51. The van der Waals surface area contributed by atoms with Crippen molar-refractivity contribution in [2.24, 2.45) is 5.92 Å². The molecule has 0 aromatic heterocycles. The summed E-state index contributed by atoms with van der Waals surface area (Å²) >= 11 is 0. The molecule has 1 aromatic rings. The molecule has 3 nitrogen and oxygen atoms in total. The zero-order chi connectivity index (χ0) is 13.5. The van der Waals surface area contributed by atoms with Crippen molar-refractivity contribution >= 4 is 11.6 Å². The van der Waals surface area contributed by atoms with Gasteiger partial charge in [-0.1, -0.05) is 32.9 Å². The predicted molar refractivity (Wildman–Crippen MR) is 73.2 cm³/mol. The van der Waals surface area contributed by atoms with Gasteiger partial charge in [-0.15, -0.1) is 0 Å². The quantitative estimate of drug-likeness (QED) is 0.858. The van der Waals surface area contributed by atoms with Crippen LogP contribution in [-0.4, -0.2) is 5.91 Å². The molecule has 0 spiro atoms. The summed E-state index contributed by atoms with van der Waals surface area (Å²) < 4.78 is 0. The Balaban J connectivity index is 2.70. The van der Waals surface area contributed by atoms with Crippen molar-refractivity contribution in [3.05, 3.63) is 29.8 Å². The maximum Gasteiger partial charge on any atom is 0.241 e. The van der Waals surface area contributed by atoms with Gasteiger partial charge in [-0.25, -0.2) is 0 Å². The molecule has 2 unspecified atom stereocenters. The first-order valence-electron chi connectivity index (χ1n) is 6.42. The molecule has 0 saturated heterocycles. The molecule has 1 aromatic carbocycles. The number of benzene rings is 1. The summed E-state index contributed by atoms with van der Waals surface area (Å²) in [7, 11) is 0. The minimum absolute atomic E-state index is 0.226. The molecule has 1 N–H and O–H groups in total. The van der Waals surface area contributed by atoms with E-state index in [9.17, 15) is 4.79 Å². The van der Waals surface area contributed by atoms with E-state index in [-0.39, 0.29) is 5.91 Å². The van der Waals surface area contributed by atoms with Crippen molar-refractivity contribution in [2.75, 3.05) is 5.32 Å². The van der Waals surface area contributed by atoms with Crippen LogP contribution in [-0.2, 0) is 4.79 Å². The van der Waals surface area contributed by atoms with E-state index in [1.54, 1.807) is 0 Å². The molecule has 0 radical (unpaired) electrons. The molecule has 1 amide bonds.